The molecule has 0 amide bonds. The normalized spacial score (nSPS) is 10.1. The van der Waals surface area contributed by atoms with Crippen molar-refractivity contribution in [1.29, 1.82) is 0 Å². The van der Waals surface area contributed by atoms with Crippen LogP contribution in [-0.4, -0.2) is 18.9 Å². The quantitative estimate of drug-likeness (QED) is 0.740. The van der Waals surface area contributed by atoms with Crippen LogP contribution in [0.2, 0.25) is 0 Å². The van der Waals surface area contributed by atoms with Gasteiger partial charge in [-0.25, -0.2) is 0 Å². The molecule has 0 bridgehead atoms. The standard InChI is InChI=1S/C12H6O5/c13-4-7-2-1-3-9-11(7)12(16)8(5-14)10(6-15)17-9/h1-6H. The topological polar surface area (TPSA) is 81.4 Å². The van der Waals surface area contributed by atoms with Gasteiger partial charge >= 0.3 is 0 Å². The van der Waals surface area contributed by atoms with Gasteiger partial charge in [-0.3, -0.25) is 19.2 Å². The first-order chi connectivity index (χ1) is 8.22. The fraction of sp³-hybridized carbons (Fsp3) is 0. The van der Waals surface area contributed by atoms with E-state index in [-0.39, 0.29) is 40.4 Å². The molecule has 0 atom stereocenters. The summed E-state index contributed by atoms with van der Waals surface area (Å²) in [5, 5.41) is 0.00944. The number of rotatable bonds is 3. The molecule has 84 valence electrons. The molecule has 0 radical (unpaired) electrons. The van der Waals surface area contributed by atoms with E-state index >= 15 is 0 Å². The molecule has 2 rings (SSSR count). The molecule has 0 N–H and O–H groups in total. The summed E-state index contributed by atoms with van der Waals surface area (Å²) in [6.45, 7) is 0. The molecule has 0 unspecified atom stereocenters. The molecule has 1 aromatic carbocycles. The van der Waals surface area contributed by atoms with E-state index in [1.165, 1.54) is 18.2 Å². The molecule has 0 fully saturated rings. The fourth-order valence-corrected chi connectivity index (χ4v) is 1.59. The molecule has 0 saturated heterocycles. The fourth-order valence-electron chi connectivity index (χ4n) is 1.59. The van der Waals surface area contributed by atoms with Gasteiger partial charge in [0.15, 0.2) is 24.6 Å². The van der Waals surface area contributed by atoms with Crippen LogP contribution >= 0.6 is 0 Å². The molecule has 17 heavy (non-hydrogen) atoms. The number of hydrogen-bond acceptors (Lipinski definition) is 5. The largest absolute Gasteiger partial charge is 0.452 e. The van der Waals surface area contributed by atoms with Crippen molar-refractivity contribution in [3.8, 4) is 0 Å². The van der Waals surface area contributed by atoms with Gasteiger partial charge in [0.05, 0.1) is 5.39 Å². The van der Waals surface area contributed by atoms with Gasteiger partial charge in [0.2, 0.25) is 5.43 Å². The second-order valence-electron chi connectivity index (χ2n) is 3.28. The third kappa shape index (κ3) is 1.57. The number of aldehydes is 3. The monoisotopic (exact) mass is 230 g/mol. The molecule has 0 spiro atoms. The highest BCUT2D eigenvalue weighted by Crippen LogP contribution is 2.16. The van der Waals surface area contributed by atoms with Crippen LogP contribution in [0.25, 0.3) is 11.0 Å². The van der Waals surface area contributed by atoms with Crippen LogP contribution in [0.4, 0.5) is 0 Å². The lowest BCUT2D eigenvalue weighted by atomic mass is 10.1. The molecule has 0 aliphatic carbocycles. The van der Waals surface area contributed by atoms with Crippen molar-refractivity contribution in [2.75, 3.05) is 0 Å². The maximum atomic E-state index is 11.9. The Morgan fingerprint density at radius 3 is 2.35 bits per heavy atom. The third-order valence-electron chi connectivity index (χ3n) is 2.37. The minimum atomic E-state index is -0.675. The Kier molecular flexibility index (Phi) is 2.66. The van der Waals surface area contributed by atoms with E-state index in [1.54, 1.807) is 0 Å². The Bertz CT molecular complexity index is 681. The highest BCUT2D eigenvalue weighted by molar-refractivity contribution is 5.99. The highest BCUT2D eigenvalue weighted by atomic mass is 16.3. The van der Waals surface area contributed by atoms with Gasteiger partial charge in [0, 0.05) is 5.56 Å². The smallest absolute Gasteiger partial charge is 0.204 e. The van der Waals surface area contributed by atoms with E-state index < -0.39 is 5.43 Å². The SMILES string of the molecule is O=Cc1oc2cccc(C=O)c2c(=O)c1C=O. The molecule has 1 heterocycles. The molecular weight excluding hydrogens is 224 g/mol. The van der Waals surface area contributed by atoms with Crippen molar-refractivity contribution < 1.29 is 18.8 Å². The van der Waals surface area contributed by atoms with Crippen LogP contribution in [0.1, 0.15) is 31.3 Å². The predicted molar refractivity (Wildman–Crippen MR) is 58.6 cm³/mol. The average Bonchev–Trinajstić information content (AvgIpc) is 2.37. The summed E-state index contributed by atoms with van der Waals surface area (Å²) in [6.07, 6.45) is 1.03. The van der Waals surface area contributed by atoms with Crippen molar-refractivity contribution >= 4 is 29.8 Å². The van der Waals surface area contributed by atoms with Crippen molar-refractivity contribution in [1.82, 2.24) is 0 Å². The minimum Gasteiger partial charge on any atom is -0.452 e. The second-order valence-corrected chi connectivity index (χ2v) is 3.28. The first kappa shape index (κ1) is 10.9. The summed E-state index contributed by atoms with van der Waals surface area (Å²) in [7, 11) is 0. The summed E-state index contributed by atoms with van der Waals surface area (Å²) < 4.78 is 5.10. The van der Waals surface area contributed by atoms with Gasteiger partial charge in [0.25, 0.3) is 0 Å². The van der Waals surface area contributed by atoms with Gasteiger partial charge in [-0.2, -0.15) is 0 Å². The zero-order chi connectivity index (χ0) is 12.4. The van der Waals surface area contributed by atoms with E-state index in [1.807, 2.05) is 0 Å². The van der Waals surface area contributed by atoms with Gasteiger partial charge < -0.3 is 4.42 Å². The summed E-state index contributed by atoms with van der Waals surface area (Å²) in [6, 6.07) is 4.40. The maximum Gasteiger partial charge on any atom is 0.204 e. The predicted octanol–water partition coefficient (Wildman–Crippen LogP) is 1.23. The van der Waals surface area contributed by atoms with Gasteiger partial charge in [-0.05, 0) is 6.07 Å². The second kappa shape index (κ2) is 4.13. The van der Waals surface area contributed by atoms with Gasteiger partial charge in [-0.15, -0.1) is 0 Å². The van der Waals surface area contributed by atoms with Crippen LogP contribution in [0, 0.1) is 0 Å². The molecular formula is C12H6O5. The number of fused-ring (bicyclic) bond motifs is 1. The number of carbonyl (C=O) groups is 3. The van der Waals surface area contributed by atoms with Crippen LogP contribution in [0.15, 0.2) is 27.4 Å². The van der Waals surface area contributed by atoms with Crippen molar-refractivity contribution in [3.63, 3.8) is 0 Å². The molecule has 0 aliphatic heterocycles. The van der Waals surface area contributed by atoms with E-state index in [0.717, 1.165) is 0 Å². The Balaban J connectivity index is 3.06. The molecule has 0 saturated carbocycles. The first-order valence-corrected chi connectivity index (χ1v) is 4.68. The highest BCUT2D eigenvalue weighted by Gasteiger charge is 2.15. The van der Waals surface area contributed by atoms with Crippen LogP contribution in [0.5, 0.6) is 0 Å². The lowest BCUT2D eigenvalue weighted by molar-refractivity contribution is 0.107. The third-order valence-corrected chi connectivity index (χ3v) is 2.37. The Morgan fingerprint density at radius 2 is 1.76 bits per heavy atom. The van der Waals surface area contributed by atoms with E-state index in [9.17, 15) is 19.2 Å². The lowest BCUT2D eigenvalue weighted by Crippen LogP contribution is -2.13. The number of hydrogen-bond donors (Lipinski definition) is 0. The average molecular weight is 230 g/mol. The molecule has 0 aliphatic rings. The first-order valence-electron chi connectivity index (χ1n) is 4.68. The van der Waals surface area contributed by atoms with Crippen molar-refractivity contribution in [2.24, 2.45) is 0 Å². The number of carbonyl (C=O) groups excluding carboxylic acids is 3. The maximum absolute atomic E-state index is 11.9. The van der Waals surface area contributed by atoms with Crippen LogP contribution < -0.4 is 5.43 Å². The zero-order valence-electron chi connectivity index (χ0n) is 8.51. The molecule has 2 aromatic rings. The van der Waals surface area contributed by atoms with Gasteiger partial charge in [-0.1, -0.05) is 12.1 Å². The van der Waals surface area contributed by atoms with E-state index in [2.05, 4.69) is 0 Å². The summed E-state index contributed by atoms with van der Waals surface area (Å²) in [4.78, 5) is 44.1. The summed E-state index contributed by atoms with van der Waals surface area (Å²) in [5.41, 5.74) is -0.822. The summed E-state index contributed by atoms with van der Waals surface area (Å²) >= 11 is 0. The summed E-state index contributed by atoms with van der Waals surface area (Å²) in [5.74, 6) is -0.333. The van der Waals surface area contributed by atoms with Crippen molar-refractivity contribution in [2.45, 2.75) is 0 Å². The molecule has 5 heteroatoms. The Labute approximate surface area is 94.7 Å². The minimum absolute atomic E-state index is 0.00944. The van der Waals surface area contributed by atoms with Crippen molar-refractivity contribution in [3.05, 3.63) is 45.3 Å². The van der Waals surface area contributed by atoms with Crippen LogP contribution in [0.3, 0.4) is 0 Å². The van der Waals surface area contributed by atoms with E-state index in [4.69, 9.17) is 4.42 Å². The lowest BCUT2D eigenvalue weighted by Gasteiger charge is -2.02. The van der Waals surface area contributed by atoms with E-state index in [0.29, 0.717) is 6.29 Å². The van der Waals surface area contributed by atoms with Gasteiger partial charge in [0.1, 0.15) is 11.1 Å². The Morgan fingerprint density at radius 1 is 1.00 bits per heavy atom. The number of benzene rings is 1. The molecule has 1 aromatic heterocycles. The van der Waals surface area contributed by atoms with Crippen LogP contribution in [-0.2, 0) is 0 Å². The Hall–Kier alpha value is -2.56. The zero-order valence-corrected chi connectivity index (χ0v) is 8.51. The molecule has 5 nitrogen and oxygen atoms in total.